The molecule has 36 heavy (non-hydrogen) atoms. The van der Waals surface area contributed by atoms with Crippen LogP contribution in [0.2, 0.25) is 0 Å². The molecular weight excluding hydrogens is 458 g/mol. The maximum absolute atomic E-state index is 13.2. The van der Waals surface area contributed by atoms with Gasteiger partial charge in [-0.05, 0) is 22.8 Å². The number of aromatic nitrogens is 1. The number of carbonyl (C=O) groups is 3. The second-order valence-corrected chi connectivity index (χ2v) is 8.41. The molecule has 2 atom stereocenters. The maximum Gasteiger partial charge on any atom is 0.408 e. The van der Waals surface area contributed by atoms with E-state index in [1.807, 2.05) is 84.9 Å². The van der Waals surface area contributed by atoms with Crippen molar-refractivity contribution >= 4 is 28.9 Å². The Morgan fingerprint density at radius 1 is 0.778 bits per heavy atom. The molecule has 0 aliphatic rings. The van der Waals surface area contributed by atoms with Gasteiger partial charge in [-0.1, -0.05) is 78.9 Å². The Kier molecular flexibility index (Phi) is 7.97. The summed E-state index contributed by atoms with van der Waals surface area (Å²) in [5.41, 5.74) is 3.27. The Morgan fingerprint density at radius 3 is 2.11 bits per heavy atom. The molecule has 0 saturated carbocycles. The number of hydrogen-bond donors (Lipinski definition) is 4. The number of alkyl carbamates (subject to hydrolysis) is 1. The summed E-state index contributed by atoms with van der Waals surface area (Å²) in [6.45, 7) is 0.0463. The van der Waals surface area contributed by atoms with Crippen molar-refractivity contribution in [3.63, 3.8) is 0 Å². The molecule has 2 amide bonds. The molecule has 0 unspecified atom stereocenters. The number of aromatic amines is 1. The number of aliphatic carboxylic acids is 1. The molecule has 0 fully saturated rings. The zero-order valence-corrected chi connectivity index (χ0v) is 19.5. The lowest BCUT2D eigenvalue weighted by Crippen LogP contribution is -2.53. The van der Waals surface area contributed by atoms with Crippen molar-refractivity contribution in [2.45, 2.75) is 31.5 Å². The lowest BCUT2D eigenvalue weighted by Gasteiger charge is -2.21. The van der Waals surface area contributed by atoms with Gasteiger partial charge in [-0.2, -0.15) is 0 Å². The number of ether oxygens (including phenoxy) is 1. The average molecular weight is 486 g/mol. The topological polar surface area (TPSA) is 121 Å². The first-order valence-corrected chi connectivity index (χ1v) is 11.6. The maximum atomic E-state index is 13.2. The lowest BCUT2D eigenvalue weighted by molar-refractivity contribution is -0.142. The zero-order chi connectivity index (χ0) is 25.3. The number of rotatable bonds is 10. The van der Waals surface area contributed by atoms with Gasteiger partial charge in [0, 0.05) is 29.9 Å². The minimum atomic E-state index is -1.18. The number of benzene rings is 3. The summed E-state index contributed by atoms with van der Waals surface area (Å²) in [6.07, 6.45) is 1.24. The molecule has 3 aromatic carbocycles. The summed E-state index contributed by atoms with van der Waals surface area (Å²) in [5.74, 6) is -1.78. The van der Waals surface area contributed by atoms with Crippen LogP contribution in [0, 0.1) is 0 Å². The summed E-state index contributed by atoms with van der Waals surface area (Å²) in [6, 6.07) is 23.7. The first kappa shape index (κ1) is 24.5. The SMILES string of the molecule is O=C(N[C@@H](Cc1ccccc1)C(=O)N[C@@H](Cc1c[nH]c2ccccc12)C(=O)O)OCc1ccccc1. The van der Waals surface area contributed by atoms with Crippen molar-refractivity contribution in [3.8, 4) is 0 Å². The highest BCUT2D eigenvalue weighted by Crippen LogP contribution is 2.19. The number of para-hydroxylation sites is 1. The third-order valence-corrected chi connectivity index (χ3v) is 5.82. The first-order chi connectivity index (χ1) is 17.5. The molecule has 0 saturated heterocycles. The number of carboxylic acid groups (broad SMARTS) is 1. The molecule has 1 aromatic heterocycles. The van der Waals surface area contributed by atoms with Crippen molar-refractivity contribution < 1.29 is 24.2 Å². The number of amides is 2. The van der Waals surface area contributed by atoms with Gasteiger partial charge in [0.05, 0.1) is 0 Å². The molecule has 8 heteroatoms. The van der Waals surface area contributed by atoms with E-state index in [1.54, 1.807) is 6.20 Å². The van der Waals surface area contributed by atoms with Crippen LogP contribution in [0.3, 0.4) is 0 Å². The number of carbonyl (C=O) groups excluding carboxylic acids is 2. The van der Waals surface area contributed by atoms with Crippen LogP contribution in [-0.4, -0.2) is 40.1 Å². The molecule has 0 radical (unpaired) electrons. The number of nitrogens with one attached hydrogen (secondary N) is 3. The Labute approximate surface area is 208 Å². The van der Waals surface area contributed by atoms with Crippen LogP contribution in [0.5, 0.6) is 0 Å². The second kappa shape index (κ2) is 11.7. The van der Waals surface area contributed by atoms with Crippen molar-refractivity contribution in [1.82, 2.24) is 15.6 Å². The fourth-order valence-corrected chi connectivity index (χ4v) is 3.96. The van der Waals surface area contributed by atoms with Crippen LogP contribution >= 0.6 is 0 Å². The number of fused-ring (bicyclic) bond motifs is 1. The molecule has 0 aliphatic carbocycles. The van der Waals surface area contributed by atoms with Crippen LogP contribution < -0.4 is 10.6 Å². The van der Waals surface area contributed by atoms with Gasteiger partial charge in [0.2, 0.25) is 5.91 Å². The van der Waals surface area contributed by atoms with Crippen LogP contribution in [0.25, 0.3) is 10.9 Å². The minimum absolute atomic E-state index is 0.0463. The predicted octanol–water partition coefficient (Wildman–Crippen LogP) is 3.82. The number of hydrogen-bond acceptors (Lipinski definition) is 4. The van der Waals surface area contributed by atoms with E-state index in [1.165, 1.54) is 0 Å². The molecule has 4 rings (SSSR count). The van der Waals surface area contributed by atoms with E-state index < -0.39 is 30.1 Å². The van der Waals surface area contributed by atoms with Gasteiger partial charge in [-0.3, -0.25) is 4.79 Å². The van der Waals surface area contributed by atoms with E-state index in [4.69, 9.17) is 4.74 Å². The molecule has 4 N–H and O–H groups in total. The van der Waals surface area contributed by atoms with E-state index in [2.05, 4.69) is 15.6 Å². The standard InChI is InChI=1S/C28H27N3O5/c32-26(30-25(27(33)34)16-21-17-29-23-14-8-7-13-22(21)23)24(15-19-9-3-1-4-10-19)31-28(35)36-18-20-11-5-2-6-12-20/h1-14,17,24-25,29H,15-16,18H2,(H,30,32)(H,31,35)(H,33,34)/t24-,25-/m0/s1. The third-order valence-electron chi connectivity index (χ3n) is 5.82. The van der Waals surface area contributed by atoms with E-state index in [0.717, 1.165) is 27.6 Å². The van der Waals surface area contributed by atoms with Gasteiger partial charge in [-0.15, -0.1) is 0 Å². The minimum Gasteiger partial charge on any atom is -0.480 e. The van der Waals surface area contributed by atoms with Crippen molar-refractivity contribution in [1.29, 1.82) is 0 Å². The molecule has 4 aromatic rings. The Balaban J connectivity index is 1.46. The highest BCUT2D eigenvalue weighted by Gasteiger charge is 2.28. The summed E-state index contributed by atoms with van der Waals surface area (Å²) in [7, 11) is 0. The normalized spacial score (nSPS) is 12.4. The number of carboxylic acids is 1. The quantitative estimate of drug-likeness (QED) is 0.272. The highest BCUT2D eigenvalue weighted by molar-refractivity contribution is 5.90. The molecular formula is C28H27N3O5. The van der Waals surface area contributed by atoms with Crippen LogP contribution in [-0.2, 0) is 33.8 Å². The van der Waals surface area contributed by atoms with Crippen LogP contribution in [0.4, 0.5) is 4.79 Å². The molecule has 0 bridgehead atoms. The van der Waals surface area contributed by atoms with E-state index in [0.29, 0.717) is 0 Å². The largest absolute Gasteiger partial charge is 0.480 e. The second-order valence-electron chi connectivity index (χ2n) is 8.41. The van der Waals surface area contributed by atoms with Gasteiger partial charge < -0.3 is 25.5 Å². The Bertz CT molecular complexity index is 1320. The lowest BCUT2D eigenvalue weighted by atomic mass is 10.0. The first-order valence-electron chi connectivity index (χ1n) is 11.6. The molecule has 1 heterocycles. The van der Waals surface area contributed by atoms with E-state index >= 15 is 0 Å². The van der Waals surface area contributed by atoms with Crippen molar-refractivity contribution in [2.24, 2.45) is 0 Å². The van der Waals surface area contributed by atoms with E-state index in [-0.39, 0.29) is 19.4 Å². The smallest absolute Gasteiger partial charge is 0.408 e. The van der Waals surface area contributed by atoms with Gasteiger partial charge >= 0.3 is 12.1 Å². The Hall–Kier alpha value is -4.59. The third kappa shape index (κ3) is 6.50. The van der Waals surface area contributed by atoms with Gasteiger partial charge in [0.25, 0.3) is 0 Å². The van der Waals surface area contributed by atoms with Gasteiger partial charge in [-0.25, -0.2) is 9.59 Å². The van der Waals surface area contributed by atoms with Gasteiger partial charge in [0.1, 0.15) is 18.7 Å². The fraction of sp³-hybridized carbons (Fsp3) is 0.179. The summed E-state index contributed by atoms with van der Waals surface area (Å²) in [4.78, 5) is 40.9. The predicted molar refractivity (Wildman–Crippen MR) is 135 cm³/mol. The number of H-pyrrole nitrogens is 1. The van der Waals surface area contributed by atoms with Crippen molar-refractivity contribution in [2.75, 3.05) is 0 Å². The van der Waals surface area contributed by atoms with Gasteiger partial charge in [0.15, 0.2) is 0 Å². The highest BCUT2D eigenvalue weighted by atomic mass is 16.5. The Morgan fingerprint density at radius 2 is 1.42 bits per heavy atom. The molecule has 8 nitrogen and oxygen atoms in total. The summed E-state index contributed by atoms with van der Waals surface area (Å²) < 4.78 is 5.28. The zero-order valence-electron chi connectivity index (χ0n) is 19.5. The van der Waals surface area contributed by atoms with Crippen LogP contribution in [0.1, 0.15) is 16.7 Å². The van der Waals surface area contributed by atoms with Crippen LogP contribution in [0.15, 0.2) is 91.1 Å². The molecule has 0 spiro atoms. The summed E-state index contributed by atoms with van der Waals surface area (Å²) in [5, 5.41) is 15.9. The molecule has 184 valence electrons. The van der Waals surface area contributed by atoms with E-state index in [9.17, 15) is 19.5 Å². The summed E-state index contributed by atoms with van der Waals surface area (Å²) >= 11 is 0. The van der Waals surface area contributed by atoms with Crippen molar-refractivity contribution in [3.05, 3.63) is 108 Å². The fourth-order valence-electron chi connectivity index (χ4n) is 3.96. The monoisotopic (exact) mass is 485 g/mol. The average Bonchev–Trinajstić information content (AvgIpc) is 3.30. The molecule has 0 aliphatic heterocycles.